The van der Waals surface area contributed by atoms with Gasteiger partial charge in [-0.2, -0.15) is 8.78 Å². The van der Waals surface area contributed by atoms with Crippen LogP contribution in [0.1, 0.15) is 17.5 Å². The zero-order valence-corrected chi connectivity index (χ0v) is 12.9. The predicted octanol–water partition coefficient (Wildman–Crippen LogP) is 4.40. The van der Waals surface area contributed by atoms with Crippen molar-refractivity contribution in [1.29, 1.82) is 0 Å². The monoisotopic (exact) mass is 357 g/mol. The van der Waals surface area contributed by atoms with Crippen LogP contribution in [-0.4, -0.2) is 18.9 Å². The molecular formula is C17H12F5NO2. The molecule has 1 atom stereocenters. The van der Waals surface area contributed by atoms with Gasteiger partial charge in [-0.3, -0.25) is 0 Å². The Morgan fingerprint density at radius 3 is 2.36 bits per heavy atom. The maximum atomic E-state index is 14.5. The molecule has 1 aliphatic rings. The molecule has 0 spiro atoms. The highest BCUT2D eigenvalue weighted by atomic mass is 19.3. The van der Waals surface area contributed by atoms with Crippen LogP contribution in [0.25, 0.3) is 0 Å². The summed E-state index contributed by atoms with van der Waals surface area (Å²) < 4.78 is 73.9. The average molecular weight is 357 g/mol. The first-order valence-corrected chi connectivity index (χ1v) is 7.23. The second-order valence-corrected chi connectivity index (χ2v) is 5.41. The van der Waals surface area contributed by atoms with E-state index < -0.39 is 35.0 Å². The fraction of sp³-hybridized carbons (Fsp3) is 0.235. The van der Waals surface area contributed by atoms with Gasteiger partial charge in [-0.1, -0.05) is 5.16 Å². The van der Waals surface area contributed by atoms with Crippen LogP contribution in [0.4, 0.5) is 22.0 Å². The number of methoxy groups -OCH3 is 1. The van der Waals surface area contributed by atoms with E-state index in [1.165, 1.54) is 7.11 Å². The zero-order chi connectivity index (χ0) is 18.2. The van der Waals surface area contributed by atoms with Gasteiger partial charge in [0.25, 0.3) is 0 Å². The molecule has 1 unspecified atom stereocenters. The Labute approximate surface area is 139 Å². The quantitative estimate of drug-likeness (QED) is 0.600. The molecule has 0 saturated heterocycles. The summed E-state index contributed by atoms with van der Waals surface area (Å²) >= 11 is 0. The molecule has 2 aromatic carbocycles. The molecule has 0 N–H and O–H groups in total. The number of hydrogen-bond donors (Lipinski definition) is 0. The lowest BCUT2D eigenvalue weighted by atomic mass is 9.96. The van der Waals surface area contributed by atoms with E-state index in [-0.39, 0.29) is 12.1 Å². The molecule has 0 radical (unpaired) electrons. The number of hydrogen-bond acceptors (Lipinski definition) is 3. The summed E-state index contributed by atoms with van der Waals surface area (Å²) in [6, 6.07) is 7.42. The Morgan fingerprint density at radius 1 is 1.04 bits per heavy atom. The maximum Gasteiger partial charge on any atom is 0.315 e. The number of rotatable bonds is 4. The first kappa shape index (κ1) is 17.2. The summed E-state index contributed by atoms with van der Waals surface area (Å²) in [6.45, 7) is 0. The van der Waals surface area contributed by atoms with Gasteiger partial charge in [0.2, 0.25) is 6.10 Å². The molecule has 1 aliphatic heterocycles. The molecule has 3 rings (SSSR count). The van der Waals surface area contributed by atoms with Crippen LogP contribution in [-0.2, 0) is 10.8 Å². The molecule has 1 heterocycles. The molecular weight excluding hydrogens is 345 g/mol. The molecule has 0 aliphatic carbocycles. The van der Waals surface area contributed by atoms with Crippen LogP contribution in [0.2, 0.25) is 0 Å². The van der Waals surface area contributed by atoms with Crippen molar-refractivity contribution < 1.29 is 31.5 Å². The minimum Gasteiger partial charge on any atom is -0.497 e. The third-order valence-electron chi connectivity index (χ3n) is 3.89. The standard InChI is InChI=1S/C17H12F5NO2/c1-24-10-4-2-9(3-5-10)13-8-14(25-23-13)17(21,22)11-6-7-12(18)16(20)15(11)19/h2-7,14H,8H2,1H3. The molecule has 2 aromatic rings. The summed E-state index contributed by atoms with van der Waals surface area (Å²) in [6.07, 6.45) is -2.15. The number of benzene rings is 2. The van der Waals surface area contributed by atoms with E-state index in [2.05, 4.69) is 5.16 Å². The fourth-order valence-corrected chi connectivity index (χ4v) is 2.48. The van der Waals surface area contributed by atoms with Crippen molar-refractivity contribution in [3.05, 3.63) is 65.0 Å². The molecule has 0 bridgehead atoms. The zero-order valence-electron chi connectivity index (χ0n) is 12.9. The first-order chi connectivity index (χ1) is 11.8. The van der Waals surface area contributed by atoms with Crippen molar-refractivity contribution >= 4 is 5.71 Å². The van der Waals surface area contributed by atoms with Crippen LogP contribution in [0.3, 0.4) is 0 Å². The van der Waals surface area contributed by atoms with Gasteiger partial charge < -0.3 is 9.57 Å². The SMILES string of the molecule is COc1ccc(C2=NOC(C(F)(F)c3ccc(F)c(F)c3F)C2)cc1. The molecule has 0 aromatic heterocycles. The fourth-order valence-electron chi connectivity index (χ4n) is 2.48. The topological polar surface area (TPSA) is 30.8 Å². The van der Waals surface area contributed by atoms with Crippen molar-refractivity contribution in [1.82, 2.24) is 0 Å². The van der Waals surface area contributed by atoms with Crippen LogP contribution in [0, 0.1) is 17.5 Å². The minimum absolute atomic E-state index is 0.232. The number of halogens is 5. The van der Waals surface area contributed by atoms with Crippen molar-refractivity contribution in [3.63, 3.8) is 0 Å². The second kappa shape index (κ2) is 6.34. The summed E-state index contributed by atoms with van der Waals surface area (Å²) in [5, 5.41) is 3.61. The number of ether oxygens (including phenoxy) is 1. The normalized spacial score (nSPS) is 17.2. The summed E-state index contributed by atoms with van der Waals surface area (Å²) in [4.78, 5) is 4.74. The Morgan fingerprint density at radius 2 is 1.72 bits per heavy atom. The van der Waals surface area contributed by atoms with Gasteiger partial charge >= 0.3 is 5.92 Å². The highest BCUT2D eigenvalue weighted by Crippen LogP contribution is 2.40. The van der Waals surface area contributed by atoms with E-state index in [0.29, 0.717) is 23.4 Å². The Bertz CT molecular complexity index is 821. The van der Waals surface area contributed by atoms with E-state index >= 15 is 0 Å². The third-order valence-corrected chi connectivity index (χ3v) is 3.89. The van der Waals surface area contributed by atoms with E-state index in [1.54, 1.807) is 24.3 Å². The Hall–Kier alpha value is -2.64. The van der Waals surface area contributed by atoms with Gasteiger partial charge in [-0.05, 0) is 42.0 Å². The summed E-state index contributed by atoms with van der Waals surface area (Å²) in [5.41, 5.74) is -0.511. The average Bonchev–Trinajstić information content (AvgIpc) is 3.10. The maximum absolute atomic E-state index is 14.5. The van der Waals surface area contributed by atoms with E-state index in [4.69, 9.17) is 9.57 Å². The van der Waals surface area contributed by atoms with Crippen molar-refractivity contribution in [2.45, 2.75) is 18.4 Å². The number of nitrogens with zero attached hydrogens (tertiary/aromatic N) is 1. The van der Waals surface area contributed by atoms with Gasteiger partial charge in [0.15, 0.2) is 17.5 Å². The number of alkyl halides is 2. The number of oxime groups is 1. The van der Waals surface area contributed by atoms with E-state index in [0.717, 1.165) is 0 Å². The van der Waals surface area contributed by atoms with Crippen LogP contribution in [0.15, 0.2) is 41.6 Å². The highest BCUT2D eigenvalue weighted by molar-refractivity contribution is 6.01. The lowest BCUT2D eigenvalue weighted by Gasteiger charge is -2.22. The third kappa shape index (κ3) is 3.04. The highest BCUT2D eigenvalue weighted by Gasteiger charge is 2.49. The molecule has 3 nitrogen and oxygen atoms in total. The van der Waals surface area contributed by atoms with Crippen LogP contribution < -0.4 is 4.74 Å². The predicted molar refractivity (Wildman–Crippen MR) is 79.2 cm³/mol. The lowest BCUT2D eigenvalue weighted by molar-refractivity contribution is -0.133. The summed E-state index contributed by atoms with van der Waals surface area (Å²) in [5.74, 6) is -8.75. The molecule has 132 valence electrons. The lowest BCUT2D eigenvalue weighted by Crippen LogP contribution is -2.32. The van der Waals surface area contributed by atoms with Gasteiger partial charge in [0, 0.05) is 6.42 Å². The van der Waals surface area contributed by atoms with Gasteiger partial charge in [-0.25, -0.2) is 13.2 Å². The molecule has 0 fully saturated rings. The first-order valence-electron chi connectivity index (χ1n) is 7.23. The van der Waals surface area contributed by atoms with Crippen LogP contribution >= 0.6 is 0 Å². The molecule has 0 saturated carbocycles. The molecule has 0 amide bonds. The van der Waals surface area contributed by atoms with Gasteiger partial charge in [0.05, 0.1) is 18.4 Å². The van der Waals surface area contributed by atoms with Gasteiger partial charge in [0.1, 0.15) is 5.75 Å². The van der Waals surface area contributed by atoms with Crippen molar-refractivity contribution in [3.8, 4) is 5.75 Å². The smallest absolute Gasteiger partial charge is 0.315 e. The second-order valence-electron chi connectivity index (χ2n) is 5.41. The van der Waals surface area contributed by atoms with E-state index in [9.17, 15) is 22.0 Å². The van der Waals surface area contributed by atoms with Gasteiger partial charge in [-0.15, -0.1) is 0 Å². The Balaban J connectivity index is 1.83. The minimum atomic E-state index is -3.89. The van der Waals surface area contributed by atoms with Crippen molar-refractivity contribution in [2.24, 2.45) is 5.16 Å². The molecule has 8 heteroatoms. The van der Waals surface area contributed by atoms with E-state index in [1.807, 2.05) is 0 Å². The van der Waals surface area contributed by atoms with Crippen LogP contribution in [0.5, 0.6) is 5.75 Å². The molecule has 25 heavy (non-hydrogen) atoms. The summed E-state index contributed by atoms with van der Waals surface area (Å²) in [7, 11) is 1.48. The van der Waals surface area contributed by atoms with Crippen molar-refractivity contribution in [2.75, 3.05) is 7.11 Å². The Kier molecular flexibility index (Phi) is 4.36. The largest absolute Gasteiger partial charge is 0.497 e.